The van der Waals surface area contributed by atoms with Crippen molar-refractivity contribution in [3.05, 3.63) is 24.3 Å². The molecule has 2 aromatic carbocycles. The summed E-state index contributed by atoms with van der Waals surface area (Å²) in [6.07, 6.45) is 0. The van der Waals surface area contributed by atoms with Gasteiger partial charge in [0.05, 0.1) is 0 Å². The smallest absolute Gasteiger partial charge is 0.296 e. The molecule has 0 saturated heterocycles. The van der Waals surface area contributed by atoms with Gasteiger partial charge in [-0.2, -0.15) is 25.3 Å². The number of anilines is 1. The van der Waals surface area contributed by atoms with Gasteiger partial charge in [0, 0.05) is 16.5 Å². The summed E-state index contributed by atoms with van der Waals surface area (Å²) in [4.78, 5) is -3.21. The second kappa shape index (κ2) is 5.12. The van der Waals surface area contributed by atoms with E-state index < -0.39 is 55.8 Å². The Morgan fingerprint density at radius 3 is 1.65 bits per heavy atom. The summed E-state index contributed by atoms with van der Waals surface area (Å²) < 4.78 is 95.9. The molecule has 0 unspecified atom stereocenters. The van der Waals surface area contributed by atoms with E-state index in [1.165, 1.54) is 0 Å². The summed E-state index contributed by atoms with van der Waals surface area (Å²) in [5, 5.41) is -1.02. The number of hydrogen-bond donors (Lipinski definition) is 4. The highest BCUT2D eigenvalue weighted by atomic mass is 32.2. The molecule has 0 radical (unpaired) electrons. The molecule has 0 aliphatic rings. The van der Waals surface area contributed by atoms with Crippen molar-refractivity contribution in [2.24, 2.45) is 0 Å². The van der Waals surface area contributed by atoms with Crippen LogP contribution in [-0.2, 0) is 30.4 Å². The first-order chi connectivity index (χ1) is 10.2. The number of nitrogen functional groups attached to an aromatic ring is 1. The SMILES string of the molecule is Nc1cc(S(=O)(=O)O)c2ccc(S(=O)(=O)O)c(S(=O)(=O)O)c2c1. The molecule has 0 heterocycles. The Hall–Kier alpha value is -1.77. The van der Waals surface area contributed by atoms with Gasteiger partial charge in [0.1, 0.15) is 14.7 Å². The lowest BCUT2D eigenvalue weighted by molar-refractivity contribution is 0.467. The average Bonchev–Trinajstić information content (AvgIpc) is 2.32. The van der Waals surface area contributed by atoms with Crippen LogP contribution in [0, 0.1) is 0 Å². The number of fused-ring (bicyclic) bond motifs is 1. The molecule has 5 N–H and O–H groups in total. The monoisotopic (exact) mass is 383 g/mol. The molecule has 0 amide bonds. The zero-order valence-electron chi connectivity index (χ0n) is 10.9. The Balaban J connectivity index is 3.24. The van der Waals surface area contributed by atoms with E-state index >= 15 is 0 Å². The van der Waals surface area contributed by atoms with Crippen molar-refractivity contribution in [2.75, 3.05) is 5.73 Å². The van der Waals surface area contributed by atoms with Crippen LogP contribution in [0.15, 0.2) is 39.0 Å². The first kappa shape index (κ1) is 17.6. The Morgan fingerprint density at radius 2 is 1.22 bits per heavy atom. The van der Waals surface area contributed by atoms with Crippen LogP contribution in [0.25, 0.3) is 10.8 Å². The molecule has 13 heteroatoms. The van der Waals surface area contributed by atoms with Crippen LogP contribution in [0.3, 0.4) is 0 Å². The third kappa shape index (κ3) is 3.29. The lowest BCUT2D eigenvalue weighted by Crippen LogP contribution is -2.10. The topological polar surface area (TPSA) is 189 Å². The van der Waals surface area contributed by atoms with E-state index in [1.54, 1.807) is 0 Å². The summed E-state index contributed by atoms with van der Waals surface area (Å²) in [7, 11) is -15.1. The van der Waals surface area contributed by atoms with Crippen LogP contribution in [0.4, 0.5) is 5.69 Å². The first-order valence-electron chi connectivity index (χ1n) is 5.51. The summed E-state index contributed by atoms with van der Waals surface area (Å²) in [5.41, 5.74) is 5.10. The van der Waals surface area contributed by atoms with Gasteiger partial charge in [-0.1, -0.05) is 6.07 Å². The highest BCUT2D eigenvalue weighted by molar-refractivity contribution is 7.89. The minimum atomic E-state index is -5.19. The molecule has 23 heavy (non-hydrogen) atoms. The summed E-state index contributed by atoms with van der Waals surface area (Å²) in [6, 6.07) is 3.11. The first-order valence-corrected chi connectivity index (χ1v) is 9.83. The van der Waals surface area contributed by atoms with E-state index in [2.05, 4.69) is 0 Å². The van der Waals surface area contributed by atoms with Gasteiger partial charge >= 0.3 is 0 Å². The van der Waals surface area contributed by atoms with Gasteiger partial charge < -0.3 is 5.73 Å². The molecule has 0 atom stereocenters. The van der Waals surface area contributed by atoms with Crippen LogP contribution < -0.4 is 5.73 Å². The van der Waals surface area contributed by atoms with Gasteiger partial charge in [-0.25, -0.2) is 0 Å². The highest BCUT2D eigenvalue weighted by Gasteiger charge is 2.28. The van der Waals surface area contributed by atoms with Gasteiger partial charge in [-0.15, -0.1) is 0 Å². The molecule has 0 saturated carbocycles. The minimum absolute atomic E-state index is 0.331. The molecule has 2 rings (SSSR count). The van der Waals surface area contributed by atoms with Gasteiger partial charge in [-0.05, 0) is 18.2 Å². The minimum Gasteiger partial charge on any atom is -0.399 e. The fraction of sp³-hybridized carbons (Fsp3) is 0. The van der Waals surface area contributed by atoms with Crippen LogP contribution in [-0.4, -0.2) is 38.9 Å². The van der Waals surface area contributed by atoms with Crippen molar-refractivity contribution in [3.63, 3.8) is 0 Å². The molecule has 10 nitrogen and oxygen atoms in total. The quantitative estimate of drug-likeness (QED) is 0.419. The van der Waals surface area contributed by atoms with E-state index in [0.29, 0.717) is 6.07 Å². The van der Waals surface area contributed by atoms with E-state index in [0.717, 1.165) is 18.2 Å². The standard InChI is InChI=1S/C10H9NO9S3/c11-5-3-7-6(9(4-5)22(15,16)17)1-2-8(21(12,13)14)10(7)23(18,19)20/h1-4H,11H2,(H,12,13,14)(H,15,16,17)(H,18,19,20). The molecule has 0 fully saturated rings. The highest BCUT2D eigenvalue weighted by Crippen LogP contribution is 2.34. The van der Waals surface area contributed by atoms with Crippen molar-refractivity contribution >= 4 is 46.8 Å². The summed E-state index contributed by atoms with van der Waals surface area (Å²) in [6.45, 7) is 0. The zero-order valence-corrected chi connectivity index (χ0v) is 13.4. The maximum absolute atomic E-state index is 11.5. The third-order valence-corrected chi connectivity index (χ3v) is 5.72. The third-order valence-electron chi connectivity index (χ3n) is 2.85. The second-order valence-electron chi connectivity index (χ2n) is 4.43. The van der Waals surface area contributed by atoms with Crippen LogP contribution in [0.1, 0.15) is 0 Å². The van der Waals surface area contributed by atoms with Crippen molar-refractivity contribution in [1.29, 1.82) is 0 Å². The Kier molecular flexibility index (Phi) is 3.91. The lowest BCUT2D eigenvalue weighted by atomic mass is 10.1. The molecule has 126 valence electrons. The number of hydrogen-bond acceptors (Lipinski definition) is 7. The molecule has 0 spiro atoms. The fourth-order valence-corrected chi connectivity index (χ4v) is 4.78. The van der Waals surface area contributed by atoms with E-state index in [-0.39, 0.29) is 5.69 Å². The Bertz CT molecular complexity index is 1130. The maximum Gasteiger partial charge on any atom is 0.296 e. The number of rotatable bonds is 3. The predicted octanol–water partition coefficient (Wildman–Crippen LogP) is 0.162. The van der Waals surface area contributed by atoms with Gasteiger partial charge in [0.2, 0.25) is 0 Å². The van der Waals surface area contributed by atoms with Crippen molar-refractivity contribution in [3.8, 4) is 0 Å². The normalized spacial score (nSPS) is 13.3. The van der Waals surface area contributed by atoms with Crippen molar-refractivity contribution in [1.82, 2.24) is 0 Å². The second-order valence-corrected chi connectivity index (χ2v) is 8.57. The summed E-state index contributed by atoms with van der Waals surface area (Å²) >= 11 is 0. The molecule has 0 bridgehead atoms. The molecule has 0 aromatic heterocycles. The predicted molar refractivity (Wildman–Crippen MR) is 77.8 cm³/mol. The molecule has 0 aliphatic heterocycles. The van der Waals surface area contributed by atoms with E-state index in [4.69, 9.17) is 10.3 Å². The Morgan fingerprint density at radius 1 is 0.696 bits per heavy atom. The fourth-order valence-electron chi connectivity index (χ4n) is 2.06. The van der Waals surface area contributed by atoms with Gasteiger partial charge in [-0.3, -0.25) is 13.7 Å². The number of nitrogens with two attached hydrogens (primary N) is 1. The molecular formula is C10H9NO9S3. The lowest BCUT2D eigenvalue weighted by Gasteiger charge is -2.11. The van der Waals surface area contributed by atoms with E-state index in [9.17, 15) is 34.4 Å². The molecule has 2 aromatic rings. The van der Waals surface area contributed by atoms with Crippen molar-refractivity contribution in [2.45, 2.75) is 14.7 Å². The van der Waals surface area contributed by atoms with Crippen LogP contribution in [0.2, 0.25) is 0 Å². The molecule has 0 aliphatic carbocycles. The van der Waals surface area contributed by atoms with E-state index in [1.807, 2.05) is 0 Å². The maximum atomic E-state index is 11.5. The zero-order chi connectivity index (χ0) is 17.8. The van der Waals surface area contributed by atoms with Gasteiger partial charge in [0.15, 0.2) is 0 Å². The largest absolute Gasteiger partial charge is 0.399 e. The van der Waals surface area contributed by atoms with Crippen LogP contribution in [0.5, 0.6) is 0 Å². The summed E-state index contributed by atoms with van der Waals surface area (Å²) in [5.74, 6) is 0. The molecular weight excluding hydrogens is 374 g/mol. The van der Waals surface area contributed by atoms with Crippen molar-refractivity contribution < 1.29 is 38.9 Å². The number of benzene rings is 2. The average molecular weight is 383 g/mol. The van der Waals surface area contributed by atoms with Crippen LogP contribution >= 0.6 is 0 Å². The Labute approximate surface area is 130 Å². The van der Waals surface area contributed by atoms with Gasteiger partial charge in [0.25, 0.3) is 30.4 Å².